The molecule has 2 saturated carbocycles. The molecule has 1 N–H and O–H groups in total. The molecule has 1 saturated heterocycles. The zero-order chi connectivity index (χ0) is 21.0. The molecule has 1 atom stereocenters. The molecule has 5 rings (SSSR count). The molecule has 7 nitrogen and oxygen atoms in total. The van der Waals surface area contributed by atoms with Gasteiger partial charge in [0.25, 0.3) is 0 Å². The van der Waals surface area contributed by atoms with E-state index in [-0.39, 0.29) is 34.6 Å². The second kappa shape index (κ2) is 7.34. The monoisotopic (exact) mass is 431 g/mol. The normalized spacial score (nSPS) is 25.2. The zero-order valence-corrected chi connectivity index (χ0v) is 18.2. The predicted molar refractivity (Wildman–Crippen MR) is 112 cm³/mol. The number of hydrogen-bond donors (Lipinski definition) is 1. The van der Waals surface area contributed by atoms with E-state index in [1.807, 2.05) is 11.8 Å². The molecule has 0 bridgehead atoms. The fourth-order valence-electron chi connectivity index (χ4n) is 4.68. The Labute approximate surface area is 177 Å². The molecule has 0 radical (unpaired) electrons. The van der Waals surface area contributed by atoms with E-state index in [0.717, 1.165) is 36.9 Å². The highest BCUT2D eigenvalue weighted by atomic mass is 32.2. The van der Waals surface area contributed by atoms with Crippen molar-refractivity contribution in [3.05, 3.63) is 23.8 Å². The third-order valence-electron chi connectivity index (χ3n) is 6.82. The van der Waals surface area contributed by atoms with Crippen LogP contribution < -0.4 is 10.2 Å². The Kier molecular flexibility index (Phi) is 4.89. The van der Waals surface area contributed by atoms with E-state index in [0.29, 0.717) is 38.4 Å². The number of carbonyl (C=O) groups excluding carboxylic acids is 2. The van der Waals surface area contributed by atoms with Gasteiger partial charge in [0.1, 0.15) is 0 Å². The van der Waals surface area contributed by atoms with Gasteiger partial charge in [0.15, 0.2) is 0 Å². The first-order valence-electron chi connectivity index (χ1n) is 11.1. The first kappa shape index (κ1) is 20.0. The molecule has 2 heterocycles. The number of nitrogens with zero attached hydrogens (tertiary/aromatic N) is 2. The van der Waals surface area contributed by atoms with Crippen LogP contribution in [-0.4, -0.2) is 49.7 Å². The van der Waals surface area contributed by atoms with Crippen LogP contribution in [0.15, 0.2) is 23.1 Å². The van der Waals surface area contributed by atoms with Crippen LogP contribution in [0.25, 0.3) is 0 Å². The van der Waals surface area contributed by atoms with Gasteiger partial charge in [-0.1, -0.05) is 0 Å². The maximum Gasteiger partial charge on any atom is 0.243 e. The van der Waals surface area contributed by atoms with Crippen LogP contribution in [0.4, 0.5) is 5.69 Å². The Bertz CT molecular complexity index is 976. The number of nitrogens with one attached hydrogen (secondary N) is 1. The Morgan fingerprint density at radius 1 is 1.00 bits per heavy atom. The van der Waals surface area contributed by atoms with Gasteiger partial charge in [-0.3, -0.25) is 9.59 Å². The summed E-state index contributed by atoms with van der Waals surface area (Å²) in [7, 11) is -3.60. The van der Waals surface area contributed by atoms with Crippen LogP contribution in [0.2, 0.25) is 0 Å². The van der Waals surface area contributed by atoms with Crippen LogP contribution in [0, 0.1) is 11.8 Å². The number of anilines is 1. The SMILES string of the molecule is CC1Cc2cc(S(=O)(=O)N3CCC(C(=O)NC4CC4)CC3)ccc2N1C(=O)C1CC1. The highest BCUT2D eigenvalue weighted by Crippen LogP contribution is 2.40. The second-order valence-electron chi connectivity index (χ2n) is 9.29. The molecule has 0 aromatic heterocycles. The zero-order valence-electron chi connectivity index (χ0n) is 17.3. The Morgan fingerprint density at radius 3 is 2.33 bits per heavy atom. The lowest BCUT2D eigenvalue weighted by atomic mass is 9.97. The minimum atomic E-state index is -3.60. The van der Waals surface area contributed by atoms with E-state index in [1.165, 1.54) is 4.31 Å². The minimum Gasteiger partial charge on any atom is -0.353 e. The number of hydrogen-bond acceptors (Lipinski definition) is 4. The maximum absolute atomic E-state index is 13.2. The van der Waals surface area contributed by atoms with Crippen LogP contribution in [0.5, 0.6) is 0 Å². The molecule has 4 aliphatic rings. The lowest BCUT2D eigenvalue weighted by Gasteiger charge is -2.30. The molecule has 2 amide bonds. The van der Waals surface area contributed by atoms with Crippen LogP contribution in [0.3, 0.4) is 0 Å². The van der Waals surface area contributed by atoms with Gasteiger partial charge in [0.05, 0.1) is 4.90 Å². The first-order chi connectivity index (χ1) is 14.3. The molecular formula is C22H29N3O4S. The number of fused-ring (bicyclic) bond motifs is 1. The summed E-state index contributed by atoms with van der Waals surface area (Å²) >= 11 is 0. The predicted octanol–water partition coefficient (Wildman–Crippen LogP) is 2.05. The van der Waals surface area contributed by atoms with Gasteiger partial charge in [0, 0.05) is 42.7 Å². The van der Waals surface area contributed by atoms with E-state index in [2.05, 4.69) is 5.32 Å². The lowest BCUT2D eigenvalue weighted by molar-refractivity contribution is -0.126. The summed E-state index contributed by atoms with van der Waals surface area (Å²) in [5.41, 5.74) is 1.78. The van der Waals surface area contributed by atoms with Gasteiger partial charge in [-0.2, -0.15) is 4.31 Å². The highest BCUT2D eigenvalue weighted by Gasteiger charge is 2.40. The van der Waals surface area contributed by atoms with Crippen molar-refractivity contribution < 1.29 is 18.0 Å². The molecule has 2 aliphatic carbocycles. The molecule has 162 valence electrons. The van der Waals surface area contributed by atoms with E-state index in [4.69, 9.17) is 0 Å². The van der Waals surface area contributed by atoms with Gasteiger partial charge in [-0.05, 0) is 75.6 Å². The van der Waals surface area contributed by atoms with E-state index in [9.17, 15) is 18.0 Å². The summed E-state index contributed by atoms with van der Waals surface area (Å²) in [6.45, 7) is 2.75. The standard InChI is InChI=1S/C22H29N3O4S/c1-14-12-17-13-19(6-7-20(17)25(14)22(27)16-2-3-16)30(28,29)24-10-8-15(9-11-24)21(26)23-18-4-5-18/h6-7,13-16,18H,2-5,8-12H2,1H3,(H,23,26). The van der Waals surface area contributed by atoms with E-state index >= 15 is 0 Å². The topological polar surface area (TPSA) is 86.8 Å². The van der Waals surface area contributed by atoms with Gasteiger partial charge in [-0.25, -0.2) is 8.42 Å². The van der Waals surface area contributed by atoms with Gasteiger partial charge in [0.2, 0.25) is 21.8 Å². The molecule has 2 aliphatic heterocycles. The van der Waals surface area contributed by atoms with Crippen molar-refractivity contribution in [2.75, 3.05) is 18.0 Å². The third kappa shape index (κ3) is 3.64. The number of carbonyl (C=O) groups is 2. The molecular weight excluding hydrogens is 402 g/mol. The Balaban J connectivity index is 1.29. The van der Waals surface area contributed by atoms with Crippen molar-refractivity contribution >= 4 is 27.5 Å². The number of amides is 2. The lowest BCUT2D eigenvalue weighted by Crippen LogP contribution is -2.43. The van der Waals surface area contributed by atoms with Crippen molar-refractivity contribution in [3.8, 4) is 0 Å². The van der Waals surface area contributed by atoms with Crippen molar-refractivity contribution in [2.24, 2.45) is 11.8 Å². The largest absolute Gasteiger partial charge is 0.353 e. The summed E-state index contributed by atoms with van der Waals surface area (Å²) in [5.74, 6) is 0.282. The smallest absolute Gasteiger partial charge is 0.243 e. The fraction of sp³-hybridized carbons (Fsp3) is 0.636. The molecule has 8 heteroatoms. The fourth-order valence-corrected chi connectivity index (χ4v) is 6.21. The molecule has 30 heavy (non-hydrogen) atoms. The first-order valence-corrected chi connectivity index (χ1v) is 12.5. The third-order valence-corrected chi connectivity index (χ3v) is 8.71. The maximum atomic E-state index is 13.2. The number of piperidine rings is 1. The molecule has 1 aromatic carbocycles. The summed E-state index contributed by atoms with van der Waals surface area (Å²) in [5, 5.41) is 3.03. The molecule has 3 fully saturated rings. The minimum absolute atomic E-state index is 0.0618. The highest BCUT2D eigenvalue weighted by molar-refractivity contribution is 7.89. The summed E-state index contributed by atoms with van der Waals surface area (Å²) < 4.78 is 27.9. The van der Waals surface area contributed by atoms with Crippen molar-refractivity contribution in [3.63, 3.8) is 0 Å². The summed E-state index contributed by atoms with van der Waals surface area (Å²) in [6.07, 6.45) is 5.82. The average molecular weight is 432 g/mol. The van der Waals surface area contributed by atoms with Gasteiger partial charge < -0.3 is 10.2 Å². The second-order valence-corrected chi connectivity index (χ2v) is 11.2. The molecule has 0 spiro atoms. The summed E-state index contributed by atoms with van der Waals surface area (Å²) in [6, 6.07) is 5.56. The molecule has 1 aromatic rings. The van der Waals surface area contributed by atoms with Crippen molar-refractivity contribution in [1.29, 1.82) is 0 Å². The van der Waals surface area contributed by atoms with Crippen LogP contribution >= 0.6 is 0 Å². The van der Waals surface area contributed by atoms with Crippen LogP contribution in [-0.2, 0) is 26.0 Å². The number of rotatable bonds is 5. The average Bonchev–Trinajstić information content (AvgIpc) is 3.64. The number of benzene rings is 1. The van der Waals surface area contributed by atoms with Crippen molar-refractivity contribution in [1.82, 2.24) is 9.62 Å². The molecule has 1 unspecified atom stereocenters. The van der Waals surface area contributed by atoms with Gasteiger partial charge in [-0.15, -0.1) is 0 Å². The van der Waals surface area contributed by atoms with Gasteiger partial charge >= 0.3 is 0 Å². The Morgan fingerprint density at radius 2 is 1.70 bits per heavy atom. The quantitative estimate of drug-likeness (QED) is 0.773. The van der Waals surface area contributed by atoms with E-state index in [1.54, 1.807) is 18.2 Å². The van der Waals surface area contributed by atoms with E-state index < -0.39 is 10.0 Å². The van der Waals surface area contributed by atoms with Crippen LogP contribution in [0.1, 0.15) is 51.0 Å². The Hall–Kier alpha value is -1.93. The van der Waals surface area contributed by atoms with Crippen molar-refractivity contribution in [2.45, 2.75) is 68.8 Å². The summed E-state index contributed by atoms with van der Waals surface area (Å²) in [4.78, 5) is 27.0. The number of sulfonamides is 1.